The molecule has 2 nitrogen and oxygen atoms in total. The fraction of sp³-hybridized carbons (Fsp3) is 0.375. The van der Waals surface area contributed by atoms with Gasteiger partial charge in [0.05, 0.1) is 5.69 Å². The highest BCUT2D eigenvalue weighted by Gasteiger charge is 2.40. The van der Waals surface area contributed by atoms with E-state index in [2.05, 4.69) is 4.98 Å². The van der Waals surface area contributed by atoms with Crippen molar-refractivity contribution in [3.05, 3.63) is 29.6 Å². The van der Waals surface area contributed by atoms with Crippen molar-refractivity contribution in [3.63, 3.8) is 0 Å². The van der Waals surface area contributed by atoms with Gasteiger partial charge < -0.3 is 5.11 Å². The average Bonchev–Trinajstić information content (AvgIpc) is 2.01. The highest BCUT2D eigenvalue weighted by atomic mass is 19.4. The van der Waals surface area contributed by atoms with Crippen LogP contribution in [0.25, 0.3) is 0 Å². The number of hydrogen-bond acceptors (Lipinski definition) is 2. The molecule has 0 saturated heterocycles. The molecule has 0 bridgehead atoms. The minimum atomic E-state index is -4.65. The lowest BCUT2D eigenvalue weighted by Crippen LogP contribution is -2.21. The molecular formula is C8H8F3NO. The van der Waals surface area contributed by atoms with E-state index in [0.29, 0.717) is 5.56 Å². The van der Waals surface area contributed by atoms with Gasteiger partial charge in [0.2, 0.25) is 0 Å². The van der Waals surface area contributed by atoms with Crippen molar-refractivity contribution in [2.75, 3.05) is 0 Å². The van der Waals surface area contributed by atoms with Crippen LogP contribution < -0.4 is 0 Å². The third kappa shape index (κ3) is 2.42. The molecule has 0 aromatic carbocycles. The van der Waals surface area contributed by atoms with Crippen molar-refractivity contribution >= 4 is 0 Å². The van der Waals surface area contributed by atoms with Crippen LogP contribution in [0.2, 0.25) is 0 Å². The molecule has 13 heavy (non-hydrogen) atoms. The molecule has 0 saturated carbocycles. The van der Waals surface area contributed by atoms with E-state index in [-0.39, 0.29) is 5.69 Å². The van der Waals surface area contributed by atoms with Crippen LogP contribution in [0.1, 0.15) is 17.4 Å². The molecule has 1 aromatic rings. The Bertz CT molecular complexity index is 298. The number of aliphatic hydroxyl groups excluding tert-OH is 1. The van der Waals surface area contributed by atoms with Crippen molar-refractivity contribution in [2.24, 2.45) is 0 Å². The fourth-order valence-electron chi connectivity index (χ4n) is 0.877. The van der Waals surface area contributed by atoms with E-state index in [0.717, 1.165) is 0 Å². The predicted molar refractivity (Wildman–Crippen MR) is 40.0 cm³/mol. The van der Waals surface area contributed by atoms with Crippen molar-refractivity contribution in [3.8, 4) is 0 Å². The summed E-state index contributed by atoms with van der Waals surface area (Å²) in [5.74, 6) is 0. The quantitative estimate of drug-likeness (QED) is 0.736. The molecule has 1 aromatic heterocycles. The first-order chi connectivity index (χ1) is 5.91. The van der Waals surface area contributed by atoms with Crippen LogP contribution in [0.4, 0.5) is 13.2 Å². The Morgan fingerprint density at radius 3 is 2.54 bits per heavy atom. The first kappa shape index (κ1) is 9.98. The van der Waals surface area contributed by atoms with Gasteiger partial charge in [-0.15, -0.1) is 0 Å². The Hall–Kier alpha value is -1.10. The zero-order chi connectivity index (χ0) is 10.1. The first-order valence-corrected chi connectivity index (χ1v) is 3.58. The fourth-order valence-corrected chi connectivity index (χ4v) is 0.877. The highest BCUT2D eigenvalue weighted by molar-refractivity contribution is 5.16. The Morgan fingerprint density at radius 1 is 1.46 bits per heavy atom. The van der Waals surface area contributed by atoms with Gasteiger partial charge in [0.1, 0.15) is 0 Å². The smallest absolute Gasteiger partial charge is 0.378 e. The highest BCUT2D eigenvalue weighted by Crippen LogP contribution is 2.31. The van der Waals surface area contributed by atoms with E-state index in [1.165, 1.54) is 12.3 Å². The summed E-state index contributed by atoms with van der Waals surface area (Å²) in [6.45, 7) is 1.63. The molecule has 72 valence electrons. The second-order valence-corrected chi connectivity index (χ2v) is 2.70. The second kappa shape index (κ2) is 3.33. The van der Waals surface area contributed by atoms with Gasteiger partial charge in [-0.05, 0) is 24.6 Å². The van der Waals surface area contributed by atoms with Gasteiger partial charge in [-0.1, -0.05) is 0 Å². The predicted octanol–water partition coefficient (Wildman–Crippen LogP) is 1.99. The maximum absolute atomic E-state index is 12.0. The number of nitrogens with zero attached hydrogens (tertiary/aromatic N) is 1. The van der Waals surface area contributed by atoms with Gasteiger partial charge in [-0.25, -0.2) is 0 Å². The molecule has 5 heteroatoms. The Balaban J connectivity index is 2.96. The molecule has 0 unspecified atom stereocenters. The summed E-state index contributed by atoms with van der Waals surface area (Å²) in [5.41, 5.74) is 0.265. The standard InChI is InChI=1S/C8H8F3NO/c1-5-2-3-12-6(4-5)7(13)8(9,10)11/h2-4,7,13H,1H3/t7-/m1/s1. The summed E-state index contributed by atoms with van der Waals surface area (Å²) in [6.07, 6.45) is -5.91. The third-order valence-electron chi connectivity index (χ3n) is 1.53. The number of aryl methyl sites for hydroxylation is 1. The van der Waals surface area contributed by atoms with E-state index in [1.807, 2.05) is 0 Å². The normalized spacial score (nSPS) is 14.2. The van der Waals surface area contributed by atoms with Crippen LogP contribution in [0.15, 0.2) is 18.3 Å². The first-order valence-electron chi connectivity index (χ1n) is 3.58. The molecule has 0 aliphatic rings. The molecule has 0 fully saturated rings. The van der Waals surface area contributed by atoms with E-state index in [9.17, 15) is 13.2 Å². The number of aromatic nitrogens is 1. The van der Waals surface area contributed by atoms with Crippen LogP contribution in [0.3, 0.4) is 0 Å². The lowest BCUT2D eigenvalue weighted by atomic mass is 10.2. The summed E-state index contributed by atoms with van der Waals surface area (Å²) in [4.78, 5) is 3.44. The van der Waals surface area contributed by atoms with Gasteiger partial charge in [0.15, 0.2) is 6.10 Å². The van der Waals surface area contributed by atoms with Crippen LogP contribution >= 0.6 is 0 Å². The number of alkyl halides is 3. The molecule has 0 amide bonds. The van der Waals surface area contributed by atoms with Crippen molar-refractivity contribution in [1.82, 2.24) is 4.98 Å². The molecule has 0 spiro atoms. The number of hydrogen-bond donors (Lipinski definition) is 1. The lowest BCUT2D eigenvalue weighted by Gasteiger charge is -2.13. The van der Waals surface area contributed by atoms with E-state index in [1.54, 1.807) is 13.0 Å². The van der Waals surface area contributed by atoms with Gasteiger partial charge in [-0.2, -0.15) is 13.2 Å². The number of rotatable bonds is 1. The maximum atomic E-state index is 12.0. The SMILES string of the molecule is Cc1ccnc([C@@H](O)C(F)(F)F)c1. The van der Waals surface area contributed by atoms with Gasteiger partial charge in [0, 0.05) is 6.20 Å². The number of pyridine rings is 1. The largest absolute Gasteiger partial charge is 0.420 e. The van der Waals surface area contributed by atoms with Gasteiger partial charge in [-0.3, -0.25) is 4.98 Å². The Kier molecular flexibility index (Phi) is 2.56. The van der Waals surface area contributed by atoms with E-state index >= 15 is 0 Å². The Morgan fingerprint density at radius 2 is 2.08 bits per heavy atom. The second-order valence-electron chi connectivity index (χ2n) is 2.70. The molecule has 0 aliphatic heterocycles. The lowest BCUT2D eigenvalue weighted by molar-refractivity contribution is -0.207. The minimum Gasteiger partial charge on any atom is -0.378 e. The summed E-state index contributed by atoms with van der Waals surface area (Å²) in [7, 11) is 0. The third-order valence-corrected chi connectivity index (χ3v) is 1.53. The van der Waals surface area contributed by atoms with Crippen molar-refractivity contribution < 1.29 is 18.3 Å². The molecule has 1 atom stereocenters. The Labute approximate surface area is 73.0 Å². The summed E-state index contributed by atoms with van der Waals surface area (Å²) in [5, 5.41) is 8.79. The molecule has 0 aliphatic carbocycles. The van der Waals surface area contributed by atoms with Crippen molar-refractivity contribution in [1.29, 1.82) is 0 Å². The van der Waals surface area contributed by atoms with Crippen LogP contribution in [0, 0.1) is 6.92 Å². The molecule has 1 N–H and O–H groups in total. The van der Waals surface area contributed by atoms with Gasteiger partial charge >= 0.3 is 6.18 Å². The van der Waals surface area contributed by atoms with Crippen molar-refractivity contribution in [2.45, 2.75) is 19.2 Å². The average molecular weight is 191 g/mol. The molecule has 1 heterocycles. The van der Waals surface area contributed by atoms with E-state index < -0.39 is 12.3 Å². The van der Waals surface area contributed by atoms with Crippen LogP contribution in [-0.2, 0) is 0 Å². The van der Waals surface area contributed by atoms with E-state index in [4.69, 9.17) is 5.11 Å². The van der Waals surface area contributed by atoms with Crippen LogP contribution in [0.5, 0.6) is 0 Å². The molecule has 1 rings (SSSR count). The van der Waals surface area contributed by atoms with Gasteiger partial charge in [0.25, 0.3) is 0 Å². The summed E-state index contributed by atoms with van der Waals surface area (Å²) >= 11 is 0. The maximum Gasteiger partial charge on any atom is 0.420 e. The summed E-state index contributed by atoms with van der Waals surface area (Å²) in [6, 6.07) is 2.77. The molecular weight excluding hydrogens is 183 g/mol. The molecule has 0 radical (unpaired) electrons. The number of halogens is 3. The zero-order valence-electron chi connectivity index (χ0n) is 6.84. The zero-order valence-corrected chi connectivity index (χ0v) is 6.84. The minimum absolute atomic E-state index is 0.368. The number of aliphatic hydroxyl groups is 1. The monoisotopic (exact) mass is 191 g/mol. The van der Waals surface area contributed by atoms with Crippen LogP contribution in [-0.4, -0.2) is 16.3 Å². The topological polar surface area (TPSA) is 33.1 Å². The summed E-state index contributed by atoms with van der Waals surface area (Å²) < 4.78 is 35.9.